The lowest BCUT2D eigenvalue weighted by Gasteiger charge is -2.08. The number of aryl methyl sites for hydroxylation is 1. The van der Waals surface area contributed by atoms with Crippen molar-refractivity contribution in [1.82, 2.24) is 25.2 Å². The molecule has 0 unspecified atom stereocenters. The third-order valence-corrected chi connectivity index (χ3v) is 4.89. The number of alkyl carbamates (subject to hydrolysis) is 1. The van der Waals surface area contributed by atoms with Gasteiger partial charge in [-0.15, -0.1) is 10.2 Å². The lowest BCUT2D eigenvalue weighted by atomic mass is 10.3. The number of amides is 3. The summed E-state index contributed by atoms with van der Waals surface area (Å²) in [5, 5.41) is 12.4. The number of urea groups is 1. The van der Waals surface area contributed by atoms with Crippen molar-refractivity contribution in [3.63, 3.8) is 0 Å². The lowest BCUT2D eigenvalue weighted by Crippen LogP contribution is -2.36. The quantitative estimate of drug-likeness (QED) is 0.698. The van der Waals surface area contributed by atoms with Crippen LogP contribution in [0, 0.1) is 0 Å². The average Bonchev–Trinajstić information content (AvgIpc) is 3.02. The van der Waals surface area contributed by atoms with E-state index in [4.69, 9.17) is 0 Å². The van der Waals surface area contributed by atoms with Crippen molar-refractivity contribution in [3.8, 4) is 10.6 Å². The largest absolute Gasteiger partial charge is 0.450 e. The van der Waals surface area contributed by atoms with Crippen LogP contribution in [0.4, 0.5) is 9.59 Å². The summed E-state index contributed by atoms with van der Waals surface area (Å²) in [5.41, 5.74) is 0.739. The van der Waals surface area contributed by atoms with Crippen LogP contribution in [0.2, 0.25) is 0 Å². The molecule has 8 nitrogen and oxygen atoms in total. The van der Waals surface area contributed by atoms with Crippen LogP contribution >= 0.6 is 39.2 Å². The van der Waals surface area contributed by atoms with Gasteiger partial charge in [0, 0.05) is 28.2 Å². The Hall–Kier alpha value is -1.72. The number of hydrogen-bond donors (Lipinski definition) is 2. The molecule has 0 bridgehead atoms. The van der Waals surface area contributed by atoms with Crippen LogP contribution in [0.25, 0.3) is 10.6 Å². The first-order chi connectivity index (χ1) is 11.5. The SMILES string of the molecule is CCOC(=O)NC(=O)NSc1ncc(Br)cc1-c1nnc(CC)s1. The van der Waals surface area contributed by atoms with Crippen LogP contribution < -0.4 is 10.0 Å². The molecule has 3 amide bonds. The van der Waals surface area contributed by atoms with Crippen LogP contribution in [0.3, 0.4) is 0 Å². The van der Waals surface area contributed by atoms with Crippen molar-refractivity contribution >= 4 is 51.3 Å². The number of rotatable bonds is 5. The molecular weight excluding hydrogens is 418 g/mol. The van der Waals surface area contributed by atoms with Crippen LogP contribution in [0.5, 0.6) is 0 Å². The minimum absolute atomic E-state index is 0.182. The molecular formula is C13H14BrN5O3S2. The molecule has 2 N–H and O–H groups in total. The summed E-state index contributed by atoms with van der Waals surface area (Å²) in [6, 6.07) is 1.15. The number of nitrogens with zero attached hydrogens (tertiary/aromatic N) is 3. The molecule has 0 saturated heterocycles. The maximum atomic E-state index is 11.7. The van der Waals surface area contributed by atoms with E-state index in [0.717, 1.165) is 33.4 Å². The Morgan fingerprint density at radius 3 is 2.83 bits per heavy atom. The molecule has 2 aromatic rings. The number of carbonyl (C=O) groups is 2. The van der Waals surface area contributed by atoms with Crippen LogP contribution in [0.15, 0.2) is 21.8 Å². The second-order valence-corrected chi connectivity index (χ2v) is 7.01. The van der Waals surface area contributed by atoms with E-state index in [1.54, 1.807) is 13.1 Å². The second-order valence-electron chi connectivity index (χ2n) is 4.24. The Bertz CT molecular complexity index is 740. The van der Waals surface area contributed by atoms with Crippen molar-refractivity contribution in [3.05, 3.63) is 21.7 Å². The first-order valence-electron chi connectivity index (χ1n) is 6.92. The van der Waals surface area contributed by atoms with E-state index in [1.807, 2.05) is 18.3 Å². The zero-order valence-electron chi connectivity index (χ0n) is 12.8. The Balaban J connectivity index is 2.10. The molecule has 0 aliphatic heterocycles. The molecule has 0 fully saturated rings. The van der Waals surface area contributed by atoms with Gasteiger partial charge in [-0.1, -0.05) is 18.3 Å². The first-order valence-corrected chi connectivity index (χ1v) is 9.35. The topological polar surface area (TPSA) is 106 Å². The molecule has 0 atom stereocenters. The minimum atomic E-state index is -0.809. The van der Waals surface area contributed by atoms with Gasteiger partial charge in [-0.2, -0.15) is 0 Å². The van der Waals surface area contributed by atoms with E-state index < -0.39 is 12.1 Å². The predicted molar refractivity (Wildman–Crippen MR) is 94.8 cm³/mol. The first kappa shape index (κ1) is 18.6. The number of ether oxygens (including phenoxy) is 1. The zero-order valence-corrected chi connectivity index (χ0v) is 16.0. The van der Waals surface area contributed by atoms with Crippen LogP contribution in [-0.2, 0) is 11.2 Å². The van der Waals surface area contributed by atoms with Crippen LogP contribution in [0.1, 0.15) is 18.9 Å². The Morgan fingerprint density at radius 2 is 2.17 bits per heavy atom. The molecule has 0 saturated carbocycles. The molecule has 24 heavy (non-hydrogen) atoms. The number of hydrogen-bond acceptors (Lipinski definition) is 8. The maximum absolute atomic E-state index is 11.7. The highest BCUT2D eigenvalue weighted by Gasteiger charge is 2.15. The van der Waals surface area contributed by atoms with Gasteiger partial charge in [0.25, 0.3) is 0 Å². The van der Waals surface area contributed by atoms with E-state index in [2.05, 4.69) is 40.6 Å². The average molecular weight is 432 g/mol. The molecule has 0 spiro atoms. The fourth-order valence-corrected chi connectivity index (χ4v) is 3.35. The van der Waals surface area contributed by atoms with E-state index in [-0.39, 0.29) is 6.61 Å². The standard InChI is InChI=1S/C13H14BrN5O3S2/c1-3-9-17-18-11(23-9)8-5-7(14)6-15-10(8)24-19-12(20)16-13(21)22-4-2/h5-6H,3-4H2,1-2H3,(H2,16,19,20,21). The summed E-state index contributed by atoms with van der Waals surface area (Å²) in [5.74, 6) is 0. The zero-order chi connectivity index (χ0) is 17.5. The third-order valence-electron chi connectivity index (χ3n) is 2.55. The second kappa shape index (κ2) is 8.94. The summed E-state index contributed by atoms with van der Waals surface area (Å²) >= 11 is 5.81. The fraction of sp³-hybridized carbons (Fsp3) is 0.308. The van der Waals surface area contributed by atoms with Gasteiger partial charge in [0.15, 0.2) is 5.01 Å². The summed E-state index contributed by atoms with van der Waals surface area (Å²) < 4.78 is 7.90. The molecule has 11 heteroatoms. The van der Waals surface area contributed by atoms with Gasteiger partial charge < -0.3 is 4.74 Å². The number of imide groups is 1. The highest BCUT2D eigenvalue weighted by molar-refractivity contribution is 9.10. The van der Waals surface area contributed by atoms with E-state index in [1.165, 1.54) is 11.3 Å². The van der Waals surface area contributed by atoms with E-state index >= 15 is 0 Å². The summed E-state index contributed by atoms with van der Waals surface area (Å²) in [6.45, 7) is 3.83. The monoisotopic (exact) mass is 431 g/mol. The molecule has 2 heterocycles. The Labute approximate surface area is 155 Å². The number of nitrogens with one attached hydrogen (secondary N) is 2. The van der Waals surface area contributed by atoms with Gasteiger partial charge in [0.05, 0.1) is 6.61 Å². The molecule has 2 aromatic heterocycles. The predicted octanol–water partition coefficient (Wildman–Crippen LogP) is 3.39. The number of aromatic nitrogens is 3. The summed E-state index contributed by atoms with van der Waals surface area (Å²) in [4.78, 5) is 27.1. The number of halogens is 1. The smallest absolute Gasteiger partial charge is 0.415 e. The minimum Gasteiger partial charge on any atom is -0.450 e. The Morgan fingerprint density at radius 1 is 1.38 bits per heavy atom. The lowest BCUT2D eigenvalue weighted by molar-refractivity contribution is 0.153. The maximum Gasteiger partial charge on any atom is 0.415 e. The van der Waals surface area contributed by atoms with Gasteiger partial charge in [-0.05, 0) is 35.3 Å². The fourth-order valence-electron chi connectivity index (χ4n) is 1.55. The van der Waals surface area contributed by atoms with Crippen molar-refractivity contribution in [2.45, 2.75) is 25.3 Å². The number of carbonyl (C=O) groups excluding carboxylic acids is 2. The molecule has 0 aromatic carbocycles. The highest BCUT2D eigenvalue weighted by Crippen LogP contribution is 2.32. The highest BCUT2D eigenvalue weighted by atomic mass is 79.9. The van der Waals surface area contributed by atoms with Gasteiger partial charge in [0.1, 0.15) is 10.0 Å². The molecule has 2 rings (SSSR count). The molecule has 0 aliphatic carbocycles. The van der Waals surface area contributed by atoms with Crippen molar-refractivity contribution in [2.75, 3.05) is 6.61 Å². The summed E-state index contributed by atoms with van der Waals surface area (Å²) in [7, 11) is 0. The van der Waals surface area contributed by atoms with Crippen molar-refractivity contribution in [1.29, 1.82) is 0 Å². The Kier molecular flexibility index (Phi) is 6.94. The van der Waals surface area contributed by atoms with Gasteiger partial charge in [-0.25, -0.2) is 19.9 Å². The van der Waals surface area contributed by atoms with E-state index in [9.17, 15) is 9.59 Å². The third kappa shape index (κ3) is 5.14. The van der Waals surface area contributed by atoms with Crippen LogP contribution in [-0.4, -0.2) is 33.9 Å². The molecule has 128 valence electrons. The van der Waals surface area contributed by atoms with Crippen molar-refractivity contribution < 1.29 is 14.3 Å². The number of pyridine rings is 1. The molecule has 0 aliphatic rings. The van der Waals surface area contributed by atoms with E-state index in [0.29, 0.717) is 10.0 Å². The van der Waals surface area contributed by atoms with Gasteiger partial charge in [-0.3, -0.25) is 4.72 Å². The van der Waals surface area contributed by atoms with Gasteiger partial charge in [0.2, 0.25) is 0 Å². The normalized spacial score (nSPS) is 10.3. The summed E-state index contributed by atoms with van der Waals surface area (Å²) in [6.07, 6.45) is 1.59. The van der Waals surface area contributed by atoms with Crippen molar-refractivity contribution in [2.24, 2.45) is 0 Å². The van der Waals surface area contributed by atoms with Gasteiger partial charge >= 0.3 is 12.1 Å². The molecule has 0 radical (unpaired) electrons.